The van der Waals surface area contributed by atoms with Crippen LogP contribution in [0.2, 0.25) is 5.02 Å². The molecular formula is C21H21ClO4. The minimum Gasteiger partial charge on any atom is -0.493 e. The quantitative estimate of drug-likeness (QED) is 0.668. The average Bonchev–Trinajstić information content (AvgIpc) is 2.64. The van der Waals surface area contributed by atoms with E-state index in [1.54, 1.807) is 26.4 Å². The zero-order chi connectivity index (χ0) is 19.1. The first-order valence-electron chi connectivity index (χ1n) is 8.03. The summed E-state index contributed by atoms with van der Waals surface area (Å²) < 4.78 is 10.6. The lowest BCUT2D eigenvalue weighted by atomic mass is 9.98. The number of carboxylic acid groups (broad SMARTS) is 1. The number of aliphatic carboxylic acids is 1. The van der Waals surface area contributed by atoms with Gasteiger partial charge in [-0.1, -0.05) is 42.0 Å². The van der Waals surface area contributed by atoms with Crippen molar-refractivity contribution in [2.75, 3.05) is 14.2 Å². The van der Waals surface area contributed by atoms with Crippen molar-refractivity contribution in [2.24, 2.45) is 0 Å². The molecule has 0 aliphatic carbocycles. The molecule has 0 atom stereocenters. The minimum absolute atomic E-state index is 0.0753. The van der Waals surface area contributed by atoms with Gasteiger partial charge in [0.25, 0.3) is 0 Å². The largest absolute Gasteiger partial charge is 0.493 e. The number of benzene rings is 2. The number of carbonyl (C=O) groups is 1. The number of ether oxygens (including phenoxy) is 2. The summed E-state index contributed by atoms with van der Waals surface area (Å²) in [4.78, 5) is 11.0. The van der Waals surface area contributed by atoms with Crippen molar-refractivity contribution in [2.45, 2.75) is 13.3 Å². The van der Waals surface area contributed by atoms with Crippen LogP contribution in [0.15, 0.2) is 54.6 Å². The Morgan fingerprint density at radius 1 is 1.04 bits per heavy atom. The lowest BCUT2D eigenvalue weighted by Gasteiger charge is -2.11. The molecule has 136 valence electrons. The normalized spacial score (nSPS) is 12.0. The lowest BCUT2D eigenvalue weighted by Crippen LogP contribution is -1.94. The molecule has 26 heavy (non-hydrogen) atoms. The summed E-state index contributed by atoms with van der Waals surface area (Å²) >= 11 is 5.94. The van der Waals surface area contributed by atoms with Gasteiger partial charge in [0.2, 0.25) is 0 Å². The maximum atomic E-state index is 11.0. The third-order valence-electron chi connectivity index (χ3n) is 3.89. The van der Waals surface area contributed by atoms with Crippen LogP contribution in [0.5, 0.6) is 11.5 Å². The number of carboxylic acids is 1. The van der Waals surface area contributed by atoms with Gasteiger partial charge in [-0.15, -0.1) is 0 Å². The van der Waals surface area contributed by atoms with Crippen LogP contribution in [-0.2, 0) is 4.79 Å². The van der Waals surface area contributed by atoms with Crippen molar-refractivity contribution in [3.05, 3.63) is 70.8 Å². The van der Waals surface area contributed by atoms with E-state index < -0.39 is 5.97 Å². The van der Waals surface area contributed by atoms with Crippen LogP contribution in [0.4, 0.5) is 0 Å². The highest BCUT2D eigenvalue weighted by atomic mass is 35.5. The van der Waals surface area contributed by atoms with Crippen LogP contribution < -0.4 is 9.47 Å². The summed E-state index contributed by atoms with van der Waals surface area (Å²) in [5.74, 6) is 0.316. The Hall–Kier alpha value is -2.72. The van der Waals surface area contributed by atoms with E-state index in [4.69, 9.17) is 26.2 Å². The molecule has 0 aliphatic rings. The molecule has 2 rings (SSSR count). The third kappa shape index (κ3) is 5.14. The van der Waals surface area contributed by atoms with Crippen molar-refractivity contribution >= 4 is 28.7 Å². The first-order valence-corrected chi connectivity index (χ1v) is 8.41. The highest BCUT2D eigenvalue weighted by Gasteiger charge is 2.08. The van der Waals surface area contributed by atoms with Gasteiger partial charge in [-0.25, -0.2) is 0 Å². The standard InChI is InChI=1S/C21H21ClO4/c1-14(15-4-8-18(22)9-5-15)12-16(7-11-21(23)24)17-6-10-19(25-2)20(13-17)26-3/h4-10,12-13H,11H2,1-3H3,(H,23,24). The summed E-state index contributed by atoms with van der Waals surface area (Å²) in [7, 11) is 3.14. The van der Waals surface area contributed by atoms with Gasteiger partial charge in [0, 0.05) is 5.02 Å². The molecule has 5 heteroatoms. The number of hydrogen-bond acceptors (Lipinski definition) is 3. The van der Waals surface area contributed by atoms with E-state index in [9.17, 15) is 4.79 Å². The third-order valence-corrected chi connectivity index (χ3v) is 4.14. The van der Waals surface area contributed by atoms with Gasteiger partial charge >= 0.3 is 5.97 Å². The molecule has 2 aromatic rings. The van der Waals surface area contributed by atoms with E-state index in [2.05, 4.69) is 0 Å². The molecule has 0 radical (unpaired) electrons. The Balaban J connectivity index is 2.47. The molecule has 0 heterocycles. The fourth-order valence-electron chi connectivity index (χ4n) is 2.50. The Bertz CT molecular complexity index is 836. The van der Waals surface area contributed by atoms with E-state index in [1.807, 2.05) is 49.4 Å². The van der Waals surface area contributed by atoms with Gasteiger partial charge in [-0.3, -0.25) is 4.79 Å². The fraction of sp³-hybridized carbons (Fsp3) is 0.190. The van der Waals surface area contributed by atoms with Gasteiger partial charge in [0.1, 0.15) is 0 Å². The van der Waals surface area contributed by atoms with Crippen molar-refractivity contribution < 1.29 is 19.4 Å². The minimum atomic E-state index is -0.888. The van der Waals surface area contributed by atoms with Crippen molar-refractivity contribution in [3.8, 4) is 11.5 Å². The van der Waals surface area contributed by atoms with Crippen LogP contribution in [0.25, 0.3) is 11.1 Å². The second-order valence-corrected chi connectivity index (χ2v) is 6.10. The Morgan fingerprint density at radius 3 is 2.23 bits per heavy atom. The summed E-state index contributed by atoms with van der Waals surface area (Å²) in [5.41, 5.74) is 3.64. The molecule has 0 spiro atoms. The summed E-state index contributed by atoms with van der Waals surface area (Å²) in [6.45, 7) is 1.97. The molecule has 0 unspecified atom stereocenters. The highest BCUT2D eigenvalue weighted by molar-refractivity contribution is 6.30. The fourth-order valence-corrected chi connectivity index (χ4v) is 2.63. The predicted octanol–water partition coefficient (Wildman–Crippen LogP) is 5.32. The number of rotatable bonds is 7. The van der Waals surface area contributed by atoms with Crippen LogP contribution in [0, 0.1) is 0 Å². The molecule has 0 bridgehead atoms. The summed E-state index contributed by atoms with van der Waals surface area (Å²) in [6, 6.07) is 13.0. The summed E-state index contributed by atoms with van der Waals surface area (Å²) in [6.07, 6.45) is 3.56. The number of methoxy groups -OCH3 is 2. The van der Waals surface area contributed by atoms with Gasteiger partial charge in [-0.05, 0) is 53.5 Å². The SMILES string of the molecule is COc1ccc(C(C=C(C)c2ccc(Cl)cc2)=CCC(=O)O)cc1OC. The van der Waals surface area contributed by atoms with E-state index in [1.165, 1.54) is 0 Å². The van der Waals surface area contributed by atoms with E-state index >= 15 is 0 Å². The maximum Gasteiger partial charge on any atom is 0.307 e. The van der Waals surface area contributed by atoms with Crippen LogP contribution in [-0.4, -0.2) is 25.3 Å². The van der Waals surface area contributed by atoms with E-state index in [0.29, 0.717) is 16.5 Å². The van der Waals surface area contributed by atoms with Gasteiger partial charge in [-0.2, -0.15) is 0 Å². The van der Waals surface area contributed by atoms with Crippen LogP contribution >= 0.6 is 11.6 Å². The molecule has 4 nitrogen and oxygen atoms in total. The molecule has 0 aromatic heterocycles. The first-order chi connectivity index (χ1) is 12.4. The number of hydrogen-bond donors (Lipinski definition) is 1. The topological polar surface area (TPSA) is 55.8 Å². The zero-order valence-electron chi connectivity index (χ0n) is 15.0. The van der Waals surface area contributed by atoms with Gasteiger partial charge < -0.3 is 14.6 Å². The zero-order valence-corrected chi connectivity index (χ0v) is 15.7. The van der Waals surface area contributed by atoms with Crippen molar-refractivity contribution in [1.82, 2.24) is 0 Å². The molecule has 0 fully saturated rings. The summed E-state index contributed by atoms with van der Waals surface area (Å²) in [5, 5.41) is 9.72. The molecule has 0 aliphatic heterocycles. The Kier molecular flexibility index (Phi) is 6.87. The second-order valence-electron chi connectivity index (χ2n) is 5.66. The molecular weight excluding hydrogens is 352 g/mol. The lowest BCUT2D eigenvalue weighted by molar-refractivity contribution is -0.135. The first kappa shape index (κ1) is 19.6. The monoisotopic (exact) mass is 372 g/mol. The second kappa shape index (κ2) is 9.11. The van der Waals surface area contributed by atoms with Crippen molar-refractivity contribution in [1.29, 1.82) is 0 Å². The van der Waals surface area contributed by atoms with E-state index in [-0.39, 0.29) is 6.42 Å². The Labute approximate surface area is 158 Å². The predicted molar refractivity (Wildman–Crippen MR) is 105 cm³/mol. The van der Waals surface area contributed by atoms with Crippen LogP contribution in [0.3, 0.4) is 0 Å². The molecule has 1 N–H and O–H groups in total. The van der Waals surface area contributed by atoms with Crippen molar-refractivity contribution in [3.63, 3.8) is 0 Å². The van der Waals surface area contributed by atoms with E-state index in [0.717, 1.165) is 22.3 Å². The molecule has 2 aromatic carbocycles. The molecule has 0 amide bonds. The number of allylic oxidation sites excluding steroid dienone is 3. The molecule has 0 saturated carbocycles. The maximum absolute atomic E-state index is 11.0. The van der Waals surface area contributed by atoms with Gasteiger partial charge in [0.15, 0.2) is 11.5 Å². The van der Waals surface area contributed by atoms with Crippen LogP contribution in [0.1, 0.15) is 24.5 Å². The smallest absolute Gasteiger partial charge is 0.307 e. The highest BCUT2D eigenvalue weighted by Crippen LogP contribution is 2.32. The number of halogens is 1. The molecule has 0 saturated heterocycles. The average molecular weight is 373 g/mol. The Morgan fingerprint density at radius 2 is 1.65 bits per heavy atom. The van der Waals surface area contributed by atoms with Gasteiger partial charge in [0.05, 0.1) is 20.6 Å².